The predicted molar refractivity (Wildman–Crippen MR) is 138 cm³/mol. The van der Waals surface area contributed by atoms with Crippen LogP contribution in [0.4, 0.5) is 32.0 Å². The van der Waals surface area contributed by atoms with Crippen LogP contribution in [0.2, 0.25) is 0 Å². The Balaban J connectivity index is 1.64. The molecule has 1 amide bonds. The summed E-state index contributed by atoms with van der Waals surface area (Å²) in [5.74, 6) is 0.0686. The lowest BCUT2D eigenvalue weighted by Crippen LogP contribution is -2.39. The summed E-state index contributed by atoms with van der Waals surface area (Å²) in [6.45, 7) is 3.28. The molecule has 4 rings (SSSR count). The molecule has 0 bridgehead atoms. The molecule has 1 aliphatic carbocycles. The van der Waals surface area contributed by atoms with Gasteiger partial charge >= 0.3 is 12.4 Å². The zero-order chi connectivity index (χ0) is 28.2. The molecule has 1 N–H and O–H groups in total. The van der Waals surface area contributed by atoms with Crippen molar-refractivity contribution in [1.82, 2.24) is 4.90 Å². The number of halogens is 6. The molecule has 0 radical (unpaired) electrons. The largest absolute Gasteiger partial charge is 0.418 e. The Morgan fingerprint density at radius 1 is 0.974 bits per heavy atom. The second-order valence-electron chi connectivity index (χ2n) is 9.90. The first kappa shape index (κ1) is 29.3. The first-order chi connectivity index (χ1) is 18.4. The summed E-state index contributed by atoms with van der Waals surface area (Å²) in [6, 6.07) is 8.95. The number of amides is 1. The fourth-order valence-corrected chi connectivity index (χ4v) is 5.92. The highest BCUT2D eigenvalue weighted by atomic mass is 32.2. The number of benzene rings is 2. The standard InChI is InChI=1S/C28H30F6N2O2S/c1-18-5-9-20(10-6-18)35-21-3-2-4-22(17-21)39-23-11-7-19(8-12-24(37)36-13-15-38-16-14-36)25(27(29,30)31)26(23)28(32,33)34/h2-4,7-8,11-12,17-18,20,35H,5-6,9-10,13-16H2,1H3. The number of nitrogens with one attached hydrogen (secondary N) is 1. The van der Waals surface area contributed by atoms with Gasteiger partial charge in [0.2, 0.25) is 5.91 Å². The van der Waals surface area contributed by atoms with Gasteiger partial charge in [0.25, 0.3) is 0 Å². The lowest BCUT2D eigenvalue weighted by molar-refractivity contribution is -0.163. The van der Waals surface area contributed by atoms with E-state index in [9.17, 15) is 31.1 Å². The van der Waals surface area contributed by atoms with Crippen LogP contribution in [0.25, 0.3) is 6.08 Å². The minimum Gasteiger partial charge on any atom is -0.382 e. The number of hydrogen-bond donors (Lipinski definition) is 1. The number of carbonyl (C=O) groups is 1. The van der Waals surface area contributed by atoms with Gasteiger partial charge in [-0.15, -0.1) is 0 Å². The van der Waals surface area contributed by atoms with Gasteiger partial charge in [-0.05, 0) is 67.5 Å². The maximum atomic E-state index is 14.2. The van der Waals surface area contributed by atoms with Gasteiger partial charge in [-0.1, -0.05) is 30.8 Å². The Hall–Kier alpha value is -2.66. The predicted octanol–water partition coefficient (Wildman–Crippen LogP) is 7.74. The van der Waals surface area contributed by atoms with Crippen molar-refractivity contribution in [3.8, 4) is 0 Å². The maximum Gasteiger partial charge on any atom is 0.418 e. The third-order valence-electron chi connectivity index (χ3n) is 6.94. The number of carbonyl (C=O) groups excluding carboxylic acids is 1. The zero-order valence-electron chi connectivity index (χ0n) is 21.4. The van der Waals surface area contributed by atoms with Gasteiger partial charge in [0.05, 0.1) is 24.3 Å². The van der Waals surface area contributed by atoms with Crippen molar-refractivity contribution in [1.29, 1.82) is 0 Å². The quantitative estimate of drug-likeness (QED) is 0.284. The molecule has 2 fully saturated rings. The van der Waals surface area contributed by atoms with Crippen LogP contribution in [-0.2, 0) is 21.9 Å². The van der Waals surface area contributed by atoms with Crippen LogP contribution < -0.4 is 5.32 Å². The molecule has 2 aromatic rings. The van der Waals surface area contributed by atoms with Crippen LogP contribution in [0.15, 0.2) is 52.3 Å². The van der Waals surface area contributed by atoms with Gasteiger partial charge in [-0.2, -0.15) is 26.3 Å². The molecule has 0 unspecified atom stereocenters. The van der Waals surface area contributed by atoms with E-state index in [2.05, 4.69) is 12.2 Å². The molecule has 0 aromatic heterocycles. The number of morpholine rings is 1. The third kappa shape index (κ3) is 7.72. The molecule has 4 nitrogen and oxygen atoms in total. The number of rotatable bonds is 6. The minimum atomic E-state index is -5.30. The summed E-state index contributed by atoms with van der Waals surface area (Å²) in [5.41, 5.74) is -3.58. The highest BCUT2D eigenvalue weighted by molar-refractivity contribution is 7.99. The van der Waals surface area contributed by atoms with Crippen LogP contribution in [-0.4, -0.2) is 43.2 Å². The summed E-state index contributed by atoms with van der Waals surface area (Å²) in [5, 5.41) is 3.40. The van der Waals surface area contributed by atoms with Gasteiger partial charge in [0, 0.05) is 40.7 Å². The fraction of sp³-hybridized carbons (Fsp3) is 0.464. The number of hydrogen-bond acceptors (Lipinski definition) is 4. The molecule has 212 valence electrons. The van der Waals surface area contributed by atoms with E-state index in [4.69, 9.17) is 4.74 Å². The van der Waals surface area contributed by atoms with Gasteiger partial charge < -0.3 is 15.0 Å². The van der Waals surface area contributed by atoms with Crippen LogP contribution in [0.5, 0.6) is 0 Å². The van der Waals surface area contributed by atoms with E-state index in [1.807, 2.05) is 0 Å². The Morgan fingerprint density at radius 3 is 2.28 bits per heavy atom. The van der Waals surface area contributed by atoms with E-state index in [0.717, 1.165) is 50.0 Å². The summed E-state index contributed by atoms with van der Waals surface area (Å²) >= 11 is 0.631. The third-order valence-corrected chi connectivity index (χ3v) is 7.99. The SMILES string of the molecule is CC1CCC(Nc2cccc(Sc3ccc(C=CC(=O)N4CCOCC4)c(C(F)(F)F)c3C(F)(F)F)c2)CC1. The van der Waals surface area contributed by atoms with Crippen molar-refractivity contribution >= 4 is 29.4 Å². The summed E-state index contributed by atoms with van der Waals surface area (Å²) in [4.78, 5) is 13.6. The second kappa shape index (κ2) is 12.2. The first-order valence-electron chi connectivity index (χ1n) is 12.8. The van der Waals surface area contributed by atoms with E-state index in [-0.39, 0.29) is 32.3 Å². The van der Waals surface area contributed by atoms with Crippen molar-refractivity contribution in [2.45, 2.75) is 60.8 Å². The molecule has 2 aliphatic rings. The average Bonchev–Trinajstić information content (AvgIpc) is 2.88. The number of anilines is 1. The van der Waals surface area contributed by atoms with Crippen molar-refractivity contribution in [2.75, 3.05) is 31.6 Å². The first-order valence-corrected chi connectivity index (χ1v) is 13.6. The van der Waals surface area contributed by atoms with Crippen molar-refractivity contribution in [3.05, 3.63) is 59.2 Å². The van der Waals surface area contributed by atoms with Gasteiger partial charge in [0.15, 0.2) is 0 Å². The molecular weight excluding hydrogens is 542 g/mol. The molecular formula is C28H30F6N2O2S. The zero-order valence-corrected chi connectivity index (χ0v) is 22.2. The lowest BCUT2D eigenvalue weighted by Gasteiger charge is -2.28. The molecule has 1 saturated heterocycles. The molecule has 0 atom stereocenters. The van der Waals surface area contributed by atoms with Crippen molar-refractivity contribution < 1.29 is 35.9 Å². The topological polar surface area (TPSA) is 41.6 Å². The van der Waals surface area contributed by atoms with Gasteiger partial charge in [-0.3, -0.25) is 4.79 Å². The monoisotopic (exact) mass is 572 g/mol. The average molecular weight is 573 g/mol. The summed E-state index contributed by atoms with van der Waals surface area (Å²) < 4.78 is 90.1. The highest BCUT2D eigenvalue weighted by Crippen LogP contribution is 2.48. The molecule has 2 aromatic carbocycles. The van der Waals surface area contributed by atoms with E-state index in [1.54, 1.807) is 24.3 Å². The van der Waals surface area contributed by atoms with Gasteiger partial charge in [0.1, 0.15) is 0 Å². The number of ether oxygens (including phenoxy) is 1. The van der Waals surface area contributed by atoms with Crippen LogP contribution in [0.3, 0.4) is 0 Å². The van der Waals surface area contributed by atoms with E-state index in [0.29, 0.717) is 28.3 Å². The summed E-state index contributed by atoms with van der Waals surface area (Å²) in [6.07, 6.45) is -4.77. The van der Waals surface area contributed by atoms with Gasteiger partial charge in [-0.25, -0.2) is 0 Å². The number of alkyl halides is 6. The molecule has 1 saturated carbocycles. The Morgan fingerprint density at radius 2 is 1.64 bits per heavy atom. The summed E-state index contributed by atoms with van der Waals surface area (Å²) in [7, 11) is 0. The van der Waals surface area contributed by atoms with Crippen LogP contribution >= 0.6 is 11.8 Å². The second-order valence-corrected chi connectivity index (χ2v) is 11.0. The van der Waals surface area contributed by atoms with E-state index < -0.39 is 39.8 Å². The van der Waals surface area contributed by atoms with Crippen LogP contribution in [0.1, 0.15) is 49.3 Å². The van der Waals surface area contributed by atoms with E-state index in [1.165, 1.54) is 4.90 Å². The maximum absolute atomic E-state index is 14.2. The van der Waals surface area contributed by atoms with Crippen molar-refractivity contribution in [2.24, 2.45) is 5.92 Å². The number of nitrogens with zero attached hydrogens (tertiary/aromatic N) is 1. The normalized spacial score (nSPS) is 20.8. The fourth-order valence-electron chi connectivity index (χ4n) is 4.88. The molecule has 1 aliphatic heterocycles. The highest BCUT2D eigenvalue weighted by Gasteiger charge is 2.46. The Labute approximate surface area is 227 Å². The Bertz CT molecular complexity index is 1180. The molecule has 0 spiro atoms. The smallest absolute Gasteiger partial charge is 0.382 e. The Kier molecular flexibility index (Phi) is 9.21. The molecule has 1 heterocycles. The molecule has 11 heteroatoms. The minimum absolute atomic E-state index is 0.246. The lowest BCUT2D eigenvalue weighted by atomic mass is 9.87. The van der Waals surface area contributed by atoms with Crippen molar-refractivity contribution in [3.63, 3.8) is 0 Å². The molecule has 39 heavy (non-hydrogen) atoms. The van der Waals surface area contributed by atoms with Crippen LogP contribution in [0, 0.1) is 5.92 Å². The van der Waals surface area contributed by atoms with E-state index >= 15 is 0 Å².